The molecule has 0 N–H and O–H groups in total. The molecule has 0 unspecified atom stereocenters. The normalized spacial score (nSPS) is 11.5. The van der Waals surface area contributed by atoms with Gasteiger partial charge in [0.1, 0.15) is 11.9 Å². The van der Waals surface area contributed by atoms with Crippen LogP contribution in [0.15, 0.2) is 23.3 Å². The van der Waals surface area contributed by atoms with Gasteiger partial charge in [-0.1, -0.05) is 0 Å². The Balaban J connectivity index is 2.23. The molecule has 0 fully saturated rings. The summed E-state index contributed by atoms with van der Waals surface area (Å²) in [6.07, 6.45) is -3.61. The maximum absolute atomic E-state index is 14.6. The van der Waals surface area contributed by atoms with Crippen LogP contribution in [0.25, 0.3) is 0 Å². The van der Waals surface area contributed by atoms with Crippen LogP contribution in [-0.2, 0) is 12.5 Å². The molecule has 2 aromatic heterocycles. The second kappa shape index (κ2) is 9.65. The zero-order valence-electron chi connectivity index (χ0n) is 18.9. The van der Waals surface area contributed by atoms with Gasteiger partial charge < -0.3 is 9.47 Å². The van der Waals surface area contributed by atoms with Gasteiger partial charge in [0.05, 0.1) is 31.1 Å². The molecule has 2 heterocycles. The lowest BCUT2D eigenvalue weighted by molar-refractivity contribution is -0.139. The van der Waals surface area contributed by atoms with Gasteiger partial charge in [0.15, 0.2) is 17.3 Å². The van der Waals surface area contributed by atoms with Crippen molar-refractivity contribution < 1.29 is 31.4 Å². The van der Waals surface area contributed by atoms with Crippen LogP contribution in [0.1, 0.15) is 33.9 Å². The number of aromatic nitrogens is 4. The molecule has 0 aliphatic rings. The number of ether oxygens (including phenoxy) is 2. The second-order valence-corrected chi connectivity index (χ2v) is 7.46. The Bertz CT molecular complexity index is 1390. The molecule has 13 heteroatoms. The van der Waals surface area contributed by atoms with Crippen molar-refractivity contribution >= 4 is 0 Å². The van der Waals surface area contributed by atoms with Crippen LogP contribution in [0.2, 0.25) is 0 Å². The lowest BCUT2D eigenvalue weighted by Gasteiger charge is -2.20. The van der Waals surface area contributed by atoms with E-state index in [0.717, 1.165) is 16.7 Å². The summed E-state index contributed by atoms with van der Waals surface area (Å²) in [4.78, 5) is 24.8. The molecule has 0 atom stereocenters. The molecule has 0 saturated carbocycles. The summed E-state index contributed by atoms with van der Waals surface area (Å²) in [6, 6.07) is 3.74. The van der Waals surface area contributed by atoms with Crippen molar-refractivity contribution in [3.05, 3.63) is 68.5 Å². The van der Waals surface area contributed by atoms with E-state index in [1.807, 2.05) is 0 Å². The Labute approximate surface area is 195 Å². The molecule has 0 spiro atoms. The highest BCUT2D eigenvalue weighted by molar-refractivity contribution is 5.45. The number of alkyl halides is 4. The molecular weight excluding hydrogens is 477 g/mol. The highest BCUT2D eigenvalue weighted by atomic mass is 19.3. The monoisotopic (exact) mass is 495 g/mol. The summed E-state index contributed by atoms with van der Waals surface area (Å²) in [5.74, 6) is -7.80. The summed E-state index contributed by atoms with van der Waals surface area (Å²) in [7, 11) is 1.32. The van der Waals surface area contributed by atoms with E-state index in [-0.39, 0.29) is 18.0 Å². The SMILES string of the molecule is COc1nc(C)nc(C)c1Cn1cnc(C(F)(F)C(F)F)c(Oc2cc(C)cc(C#N)c2F)c1=O. The first-order chi connectivity index (χ1) is 16.4. The standard InChI is InChI=1S/C22H18F5N5O3/c1-10-5-13(7-28)16(23)15(6-10)35-17-18(22(26,27)21(24)25)29-9-32(20(17)33)8-14-11(2)30-12(3)31-19(14)34-4/h5-6,9,21H,8H2,1-4H3. The minimum atomic E-state index is -4.90. The van der Waals surface area contributed by atoms with Crippen molar-refractivity contribution in [2.45, 2.75) is 39.7 Å². The molecule has 3 aromatic rings. The fourth-order valence-corrected chi connectivity index (χ4v) is 3.24. The Morgan fingerprint density at radius 1 is 1.20 bits per heavy atom. The van der Waals surface area contributed by atoms with Crippen LogP contribution < -0.4 is 15.0 Å². The van der Waals surface area contributed by atoms with Gasteiger partial charge in [-0.05, 0) is 38.5 Å². The lowest BCUT2D eigenvalue weighted by atomic mass is 10.1. The van der Waals surface area contributed by atoms with E-state index in [2.05, 4.69) is 15.0 Å². The fourth-order valence-electron chi connectivity index (χ4n) is 3.24. The summed E-state index contributed by atoms with van der Waals surface area (Å²) < 4.78 is 80.6. The molecule has 8 nitrogen and oxygen atoms in total. The van der Waals surface area contributed by atoms with Crippen molar-refractivity contribution in [2.75, 3.05) is 7.11 Å². The predicted octanol–water partition coefficient (Wildman–Crippen LogP) is 4.18. The summed E-state index contributed by atoms with van der Waals surface area (Å²) >= 11 is 0. The van der Waals surface area contributed by atoms with Crippen molar-refractivity contribution in [1.29, 1.82) is 5.26 Å². The maximum Gasteiger partial charge on any atom is 0.352 e. The van der Waals surface area contributed by atoms with Crippen LogP contribution in [-0.4, -0.2) is 33.1 Å². The van der Waals surface area contributed by atoms with Crippen LogP contribution in [0, 0.1) is 37.9 Å². The van der Waals surface area contributed by atoms with Gasteiger partial charge in [-0.2, -0.15) is 19.0 Å². The molecule has 0 saturated heterocycles. The van der Waals surface area contributed by atoms with Crippen LogP contribution in [0.4, 0.5) is 22.0 Å². The minimum Gasteiger partial charge on any atom is -0.481 e. The topological polar surface area (TPSA) is 103 Å². The van der Waals surface area contributed by atoms with E-state index < -0.39 is 46.5 Å². The number of nitriles is 1. The lowest BCUT2D eigenvalue weighted by Crippen LogP contribution is -2.32. The number of nitrogens with zero attached hydrogens (tertiary/aromatic N) is 5. The first-order valence-corrected chi connectivity index (χ1v) is 9.92. The third-order valence-corrected chi connectivity index (χ3v) is 4.91. The van der Waals surface area contributed by atoms with E-state index in [1.54, 1.807) is 19.9 Å². The van der Waals surface area contributed by atoms with Gasteiger partial charge in [0.2, 0.25) is 11.6 Å². The van der Waals surface area contributed by atoms with Crippen molar-refractivity contribution in [2.24, 2.45) is 0 Å². The molecule has 0 aliphatic heterocycles. The fraction of sp³-hybridized carbons (Fsp3) is 0.318. The maximum atomic E-state index is 14.6. The zero-order valence-corrected chi connectivity index (χ0v) is 18.9. The molecule has 35 heavy (non-hydrogen) atoms. The van der Waals surface area contributed by atoms with Gasteiger partial charge in [0.25, 0.3) is 5.56 Å². The number of aryl methyl sites for hydroxylation is 3. The van der Waals surface area contributed by atoms with Gasteiger partial charge in [-0.25, -0.2) is 23.1 Å². The zero-order chi connectivity index (χ0) is 26.1. The van der Waals surface area contributed by atoms with E-state index in [0.29, 0.717) is 23.4 Å². The van der Waals surface area contributed by atoms with Crippen molar-refractivity contribution in [3.63, 3.8) is 0 Å². The largest absolute Gasteiger partial charge is 0.481 e. The number of hydrogen-bond donors (Lipinski definition) is 0. The van der Waals surface area contributed by atoms with Crippen molar-refractivity contribution in [3.8, 4) is 23.4 Å². The van der Waals surface area contributed by atoms with Crippen LogP contribution >= 0.6 is 0 Å². The minimum absolute atomic E-state index is 0.0924. The Hall–Kier alpha value is -4.08. The smallest absolute Gasteiger partial charge is 0.352 e. The predicted molar refractivity (Wildman–Crippen MR) is 111 cm³/mol. The van der Waals surface area contributed by atoms with Crippen molar-refractivity contribution in [1.82, 2.24) is 19.5 Å². The average Bonchev–Trinajstić information content (AvgIpc) is 2.79. The molecule has 184 valence electrons. The summed E-state index contributed by atoms with van der Waals surface area (Å²) in [5, 5.41) is 9.08. The average molecular weight is 495 g/mol. The number of halogens is 5. The summed E-state index contributed by atoms with van der Waals surface area (Å²) in [5.41, 5.74) is -2.51. The molecule has 1 aromatic carbocycles. The Morgan fingerprint density at radius 2 is 1.89 bits per heavy atom. The molecule has 3 rings (SSSR count). The Kier molecular flexibility index (Phi) is 7.04. The van der Waals surface area contributed by atoms with E-state index in [4.69, 9.17) is 14.7 Å². The third kappa shape index (κ3) is 4.91. The molecule has 0 radical (unpaired) electrons. The first-order valence-electron chi connectivity index (χ1n) is 9.92. The molecule has 0 bridgehead atoms. The van der Waals surface area contributed by atoms with Gasteiger partial charge in [-0.3, -0.25) is 9.36 Å². The van der Waals surface area contributed by atoms with E-state index >= 15 is 0 Å². The van der Waals surface area contributed by atoms with Crippen LogP contribution in [0.3, 0.4) is 0 Å². The number of methoxy groups -OCH3 is 1. The third-order valence-electron chi connectivity index (χ3n) is 4.91. The van der Waals surface area contributed by atoms with E-state index in [9.17, 15) is 26.7 Å². The van der Waals surface area contributed by atoms with Gasteiger partial charge >= 0.3 is 12.3 Å². The quantitative estimate of drug-likeness (QED) is 0.453. The highest BCUT2D eigenvalue weighted by Gasteiger charge is 2.48. The van der Waals surface area contributed by atoms with Crippen LogP contribution in [0.5, 0.6) is 17.4 Å². The summed E-state index contributed by atoms with van der Waals surface area (Å²) in [6.45, 7) is 4.30. The van der Waals surface area contributed by atoms with Gasteiger partial charge in [-0.15, -0.1) is 0 Å². The first kappa shape index (κ1) is 25.5. The highest BCUT2D eigenvalue weighted by Crippen LogP contribution is 2.39. The number of benzene rings is 1. The second-order valence-electron chi connectivity index (χ2n) is 7.46. The molecule has 0 aliphatic carbocycles. The molecule has 0 amide bonds. The van der Waals surface area contributed by atoms with E-state index in [1.165, 1.54) is 14.0 Å². The number of hydrogen-bond acceptors (Lipinski definition) is 7. The number of rotatable bonds is 7. The Morgan fingerprint density at radius 3 is 2.49 bits per heavy atom. The molecular formula is C22H18F5N5O3. The van der Waals surface area contributed by atoms with Gasteiger partial charge in [0, 0.05) is 5.69 Å².